The van der Waals surface area contributed by atoms with Crippen molar-refractivity contribution in [2.45, 2.75) is 6.10 Å². The standard InChI is InChI=1S/C15H19N3O3/c1-19-11-3-4-14(20-2)12(7-11)18-10-17-8-13(18)15-9-16-5-6-21-15/h3-4,7-8,10,15-16H,5-6,9H2,1-2H3. The lowest BCUT2D eigenvalue weighted by Crippen LogP contribution is -2.34. The molecule has 2 heterocycles. The van der Waals surface area contributed by atoms with Crippen LogP contribution in [-0.2, 0) is 4.74 Å². The smallest absolute Gasteiger partial charge is 0.143 e. The molecule has 0 radical (unpaired) electrons. The van der Waals surface area contributed by atoms with E-state index in [1.807, 2.05) is 29.0 Å². The van der Waals surface area contributed by atoms with E-state index in [1.54, 1.807) is 20.5 Å². The normalized spacial score (nSPS) is 18.5. The van der Waals surface area contributed by atoms with Gasteiger partial charge in [0.15, 0.2) is 0 Å². The van der Waals surface area contributed by atoms with Crippen LogP contribution >= 0.6 is 0 Å². The van der Waals surface area contributed by atoms with Gasteiger partial charge in [-0.3, -0.25) is 4.57 Å². The van der Waals surface area contributed by atoms with E-state index in [0.29, 0.717) is 6.61 Å². The highest BCUT2D eigenvalue weighted by Gasteiger charge is 2.21. The lowest BCUT2D eigenvalue weighted by atomic mass is 10.2. The van der Waals surface area contributed by atoms with Crippen LogP contribution < -0.4 is 14.8 Å². The van der Waals surface area contributed by atoms with Crippen LogP contribution in [0.25, 0.3) is 5.69 Å². The Balaban J connectivity index is 2.02. The molecule has 3 rings (SSSR count). The first-order valence-electron chi connectivity index (χ1n) is 6.90. The van der Waals surface area contributed by atoms with E-state index in [0.717, 1.165) is 36.0 Å². The lowest BCUT2D eigenvalue weighted by Gasteiger charge is -2.25. The minimum Gasteiger partial charge on any atom is -0.497 e. The van der Waals surface area contributed by atoms with Crippen molar-refractivity contribution in [3.63, 3.8) is 0 Å². The molecule has 0 spiro atoms. The van der Waals surface area contributed by atoms with Crippen LogP contribution in [-0.4, -0.2) is 43.5 Å². The second-order valence-electron chi connectivity index (χ2n) is 4.79. The number of morpholine rings is 1. The SMILES string of the molecule is COc1ccc(OC)c(-n2cncc2C2CNCCO2)c1. The fraction of sp³-hybridized carbons (Fsp3) is 0.400. The summed E-state index contributed by atoms with van der Waals surface area (Å²) >= 11 is 0. The van der Waals surface area contributed by atoms with E-state index in [-0.39, 0.29) is 6.10 Å². The molecule has 1 unspecified atom stereocenters. The first-order valence-corrected chi connectivity index (χ1v) is 6.90. The van der Waals surface area contributed by atoms with Gasteiger partial charge >= 0.3 is 0 Å². The summed E-state index contributed by atoms with van der Waals surface area (Å²) in [5.74, 6) is 1.53. The first kappa shape index (κ1) is 13.9. The number of rotatable bonds is 4. The molecule has 1 aromatic carbocycles. The van der Waals surface area contributed by atoms with Crippen LogP contribution in [0.4, 0.5) is 0 Å². The molecule has 1 fully saturated rings. The minimum atomic E-state index is -0.0165. The highest BCUT2D eigenvalue weighted by Crippen LogP contribution is 2.30. The van der Waals surface area contributed by atoms with Crippen molar-refractivity contribution in [1.82, 2.24) is 14.9 Å². The Morgan fingerprint density at radius 3 is 2.95 bits per heavy atom. The maximum absolute atomic E-state index is 5.82. The number of methoxy groups -OCH3 is 2. The first-order chi connectivity index (χ1) is 10.3. The molecule has 1 atom stereocenters. The van der Waals surface area contributed by atoms with Gasteiger partial charge in [-0.15, -0.1) is 0 Å². The van der Waals surface area contributed by atoms with Gasteiger partial charge in [0.25, 0.3) is 0 Å². The summed E-state index contributed by atoms with van der Waals surface area (Å²) in [5, 5.41) is 3.33. The molecule has 1 saturated heterocycles. The number of nitrogens with one attached hydrogen (secondary N) is 1. The van der Waals surface area contributed by atoms with Crippen molar-refractivity contribution in [2.24, 2.45) is 0 Å². The van der Waals surface area contributed by atoms with Gasteiger partial charge in [-0.1, -0.05) is 0 Å². The van der Waals surface area contributed by atoms with Gasteiger partial charge in [0.1, 0.15) is 17.6 Å². The Kier molecular flexibility index (Phi) is 4.08. The summed E-state index contributed by atoms with van der Waals surface area (Å²) in [5.41, 5.74) is 1.88. The molecule has 1 aliphatic heterocycles. The fourth-order valence-corrected chi connectivity index (χ4v) is 2.49. The van der Waals surface area contributed by atoms with Gasteiger partial charge in [0.2, 0.25) is 0 Å². The molecule has 1 aliphatic rings. The molecule has 21 heavy (non-hydrogen) atoms. The molecule has 0 saturated carbocycles. The molecule has 0 bridgehead atoms. The lowest BCUT2D eigenvalue weighted by molar-refractivity contribution is 0.0240. The van der Waals surface area contributed by atoms with Gasteiger partial charge in [0, 0.05) is 19.2 Å². The third kappa shape index (κ3) is 2.72. The Hall–Kier alpha value is -2.05. The number of imidazole rings is 1. The summed E-state index contributed by atoms with van der Waals surface area (Å²) in [6, 6.07) is 5.69. The zero-order valence-corrected chi connectivity index (χ0v) is 12.2. The van der Waals surface area contributed by atoms with E-state index in [2.05, 4.69) is 10.3 Å². The van der Waals surface area contributed by atoms with Crippen molar-refractivity contribution >= 4 is 0 Å². The summed E-state index contributed by atoms with van der Waals surface area (Å²) in [6.07, 6.45) is 3.58. The number of aromatic nitrogens is 2. The summed E-state index contributed by atoms with van der Waals surface area (Å²) < 4.78 is 18.6. The molecule has 6 nitrogen and oxygen atoms in total. The molecule has 6 heteroatoms. The summed E-state index contributed by atoms with van der Waals surface area (Å²) in [7, 11) is 3.30. The van der Waals surface area contributed by atoms with E-state index in [1.165, 1.54) is 0 Å². The Morgan fingerprint density at radius 2 is 2.24 bits per heavy atom. The third-order valence-electron chi connectivity index (χ3n) is 3.57. The van der Waals surface area contributed by atoms with E-state index >= 15 is 0 Å². The van der Waals surface area contributed by atoms with Gasteiger partial charge < -0.3 is 19.5 Å². The number of benzene rings is 1. The highest BCUT2D eigenvalue weighted by atomic mass is 16.5. The molecule has 1 aromatic heterocycles. The third-order valence-corrected chi connectivity index (χ3v) is 3.57. The predicted molar refractivity (Wildman–Crippen MR) is 78.2 cm³/mol. The molecule has 112 valence electrons. The van der Waals surface area contributed by atoms with Crippen LogP contribution in [0.2, 0.25) is 0 Å². The molecule has 2 aromatic rings. The van der Waals surface area contributed by atoms with Crippen molar-refractivity contribution in [3.8, 4) is 17.2 Å². The van der Waals surface area contributed by atoms with Crippen molar-refractivity contribution in [2.75, 3.05) is 33.9 Å². The minimum absolute atomic E-state index is 0.0165. The van der Waals surface area contributed by atoms with E-state index < -0.39 is 0 Å². The van der Waals surface area contributed by atoms with Gasteiger partial charge in [-0.2, -0.15) is 0 Å². The van der Waals surface area contributed by atoms with Crippen molar-refractivity contribution in [1.29, 1.82) is 0 Å². The fourth-order valence-electron chi connectivity index (χ4n) is 2.49. The number of nitrogens with zero attached hydrogens (tertiary/aromatic N) is 2. The van der Waals surface area contributed by atoms with Gasteiger partial charge in [0.05, 0.1) is 44.7 Å². The second kappa shape index (κ2) is 6.15. The Labute approximate surface area is 123 Å². The van der Waals surface area contributed by atoms with Crippen LogP contribution in [0.5, 0.6) is 11.5 Å². The molecular weight excluding hydrogens is 270 g/mol. The quantitative estimate of drug-likeness (QED) is 0.925. The van der Waals surface area contributed by atoms with Gasteiger partial charge in [-0.25, -0.2) is 4.98 Å². The summed E-state index contributed by atoms with van der Waals surface area (Å²) in [4.78, 5) is 4.26. The van der Waals surface area contributed by atoms with Gasteiger partial charge in [-0.05, 0) is 12.1 Å². The highest BCUT2D eigenvalue weighted by molar-refractivity contribution is 5.52. The number of hydrogen-bond donors (Lipinski definition) is 1. The van der Waals surface area contributed by atoms with Crippen molar-refractivity contribution in [3.05, 3.63) is 36.4 Å². The average Bonchev–Trinajstić information content (AvgIpc) is 3.04. The maximum atomic E-state index is 5.82. The average molecular weight is 289 g/mol. The van der Waals surface area contributed by atoms with Crippen LogP contribution in [0.15, 0.2) is 30.7 Å². The Bertz CT molecular complexity index is 606. The van der Waals surface area contributed by atoms with Crippen molar-refractivity contribution < 1.29 is 14.2 Å². The molecule has 0 aliphatic carbocycles. The second-order valence-corrected chi connectivity index (χ2v) is 4.79. The summed E-state index contributed by atoms with van der Waals surface area (Å²) in [6.45, 7) is 2.36. The van der Waals surface area contributed by atoms with Crippen LogP contribution in [0, 0.1) is 0 Å². The van der Waals surface area contributed by atoms with Crippen LogP contribution in [0.3, 0.4) is 0 Å². The zero-order valence-electron chi connectivity index (χ0n) is 12.2. The Morgan fingerprint density at radius 1 is 1.33 bits per heavy atom. The van der Waals surface area contributed by atoms with Crippen LogP contribution in [0.1, 0.15) is 11.8 Å². The van der Waals surface area contributed by atoms with E-state index in [4.69, 9.17) is 14.2 Å². The zero-order chi connectivity index (χ0) is 14.7. The maximum Gasteiger partial charge on any atom is 0.143 e. The molecular formula is C15H19N3O3. The van der Waals surface area contributed by atoms with E-state index in [9.17, 15) is 0 Å². The predicted octanol–water partition coefficient (Wildman–Crippen LogP) is 1.55. The molecule has 1 N–H and O–H groups in total. The number of ether oxygens (including phenoxy) is 3. The monoisotopic (exact) mass is 289 g/mol. The number of hydrogen-bond acceptors (Lipinski definition) is 5. The largest absolute Gasteiger partial charge is 0.497 e. The topological polar surface area (TPSA) is 57.5 Å². The molecule has 0 amide bonds.